The minimum absolute atomic E-state index is 0.289. The molecule has 0 aromatic rings. The van der Waals surface area contributed by atoms with Gasteiger partial charge >= 0.3 is 5.97 Å². The first-order valence-electron chi connectivity index (χ1n) is 4.29. The second-order valence-corrected chi connectivity index (χ2v) is 2.95. The third-order valence-corrected chi connectivity index (χ3v) is 1.82. The van der Waals surface area contributed by atoms with E-state index in [4.69, 9.17) is 10.8 Å². The summed E-state index contributed by atoms with van der Waals surface area (Å²) in [5.74, 6) is -2.07. The molecule has 0 rings (SSSR count). The summed E-state index contributed by atoms with van der Waals surface area (Å²) in [6, 6.07) is 0. The van der Waals surface area contributed by atoms with Gasteiger partial charge in [-0.2, -0.15) is 0 Å². The monoisotopic (exact) mass is 195 g/mol. The van der Waals surface area contributed by atoms with Crippen LogP contribution in [0.1, 0.15) is 25.7 Å². The van der Waals surface area contributed by atoms with Crippen LogP contribution in [0.3, 0.4) is 0 Å². The van der Waals surface area contributed by atoms with Crippen molar-refractivity contribution in [3.05, 3.63) is 0 Å². The van der Waals surface area contributed by atoms with Crippen LogP contribution >= 0.6 is 0 Å². The Bertz CT molecular complexity index is 153. The molecule has 0 heterocycles. The zero-order chi connectivity index (χ0) is 10.3. The molecule has 0 saturated heterocycles. The number of hydrogen-bond donors (Lipinski definition) is 2. The van der Waals surface area contributed by atoms with E-state index in [1.807, 2.05) is 0 Å². The Morgan fingerprint density at radius 1 is 1.38 bits per heavy atom. The van der Waals surface area contributed by atoms with E-state index in [0.717, 1.165) is 0 Å². The molecule has 3 nitrogen and oxygen atoms in total. The molecule has 0 aliphatic heterocycles. The van der Waals surface area contributed by atoms with Gasteiger partial charge in [0.2, 0.25) is 6.43 Å². The van der Waals surface area contributed by atoms with Crippen LogP contribution in [0, 0.1) is 5.92 Å². The topological polar surface area (TPSA) is 63.3 Å². The highest BCUT2D eigenvalue weighted by atomic mass is 19.3. The zero-order valence-electron chi connectivity index (χ0n) is 7.38. The van der Waals surface area contributed by atoms with Crippen molar-refractivity contribution >= 4 is 5.97 Å². The van der Waals surface area contributed by atoms with Crippen LogP contribution in [-0.4, -0.2) is 24.0 Å². The Hall–Kier alpha value is -0.710. The molecular weight excluding hydrogens is 180 g/mol. The van der Waals surface area contributed by atoms with E-state index >= 15 is 0 Å². The third kappa shape index (κ3) is 6.45. The van der Waals surface area contributed by atoms with E-state index in [1.165, 1.54) is 0 Å². The molecule has 0 aliphatic carbocycles. The van der Waals surface area contributed by atoms with Crippen LogP contribution in [0.15, 0.2) is 0 Å². The van der Waals surface area contributed by atoms with Gasteiger partial charge in [-0.25, -0.2) is 8.78 Å². The maximum absolute atomic E-state index is 11.9. The number of carboxylic acids is 1. The Kier molecular flexibility index (Phi) is 6.40. The number of carbonyl (C=O) groups is 1. The Labute approximate surface area is 75.9 Å². The first-order chi connectivity index (χ1) is 6.07. The molecular formula is C8H15F2NO2. The second kappa shape index (κ2) is 6.77. The molecule has 0 spiro atoms. The molecule has 1 unspecified atom stereocenters. The lowest BCUT2D eigenvalue weighted by atomic mass is 9.99. The number of unbranched alkanes of at least 4 members (excludes halogenated alkanes) is 1. The van der Waals surface area contributed by atoms with Crippen LogP contribution in [-0.2, 0) is 4.79 Å². The van der Waals surface area contributed by atoms with Crippen molar-refractivity contribution in [3.63, 3.8) is 0 Å². The molecule has 3 N–H and O–H groups in total. The van der Waals surface area contributed by atoms with E-state index in [9.17, 15) is 13.6 Å². The predicted octanol–water partition coefficient (Wildman–Crippen LogP) is 1.47. The van der Waals surface area contributed by atoms with Gasteiger partial charge in [0.1, 0.15) is 0 Å². The molecule has 0 saturated carbocycles. The molecule has 0 bridgehead atoms. The average molecular weight is 195 g/mol. The number of alkyl halides is 2. The van der Waals surface area contributed by atoms with Gasteiger partial charge in [-0.05, 0) is 19.4 Å². The number of rotatable bonds is 7. The lowest BCUT2D eigenvalue weighted by molar-refractivity contribution is -0.143. The Morgan fingerprint density at radius 2 is 2.00 bits per heavy atom. The molecule has 0 aromatic carbocycles. The normalized spacial score (nSPS) is 13.2. The average Bonchev–Trinajstić information content (AvgIpc) is 2.02. The third-order valence-electron chi connectivity index (χ3n) is 1.82. The summed E-state index contributed by atoms with van der Waals surface area (Å²) in [7, 11) is 0. The maximum Gasteiger partial charge on any atom is 0.306 e. The summed E-state index contributed by atoms with van der Waals surface area (Å²) in [5.41, 5.74) is 5.20. The van der Waals surface area contributed by atoms with Gasteiger partial charge in [-0.1, -0.05) is 6.42 Å². The van der Waals surface area contributed by atoms with E-state index in [0.29, 0.717) is 19.4 Å². The van der Waals surface area contributed by atoms with Crippen LogP contribution in [0.5, 0.6) is 0 Å². The fourth-order valence-electron chi connectivity index (χ4n) is 1.09. The lowest BCUT2D eigenvalue weighted by Gasteiger charge is -2.10. The standard InChI is InChI=1S/C8H15F2NO2/c9-7(10)5-6(8(12)13)3-1-2-4-11/h6-7H,1-5,11H2,(H,12,13). The van der Waals surface area contributed by atoms with Crippen LogP contribution in [0.4, 0.5) is 8.78 Å². The molecule has 0 aliphatic rings. The van der Waals surface area contributed by atoms with Crippen molar-refractivity contribution in [2.45, 2.75) is 32.1 Å². The summed E-state index contributed by atoms with van der Waals surface area (Å²) in [6.07, 6.45) is -1.52. The van der Waals surface area contributed by atoms with E-state index in [-0.39, 0.29) is 6.42 Å². The summed E-state index contributed by atoms with van der Waals surface area (Å²) >= 11 is 0. The van der Waals surface area contributed by atoms with E-state index in [2.05, 4.69) is 0 Å². The Balaban J connectivity index is 3.74. The lowest BCUT2D eigenvalue weighted by Crippen LogP contribution is -2.17. The molecule has 0 aromatic heterocycles. The molecule has 0 amide bonds. The summed E-state index contributed by atoms with van der Waals surface area (Å²) in [6.45, 7) is 0.473. The first kappa shape index (κ1) is 12.3. The highest BCUT2D eigenvalue weighted by Gasteiger charge is 2.21. The fraction of sp³-hybridized carbons (Fsp3) is 0.875. The number of aliphatic carboxylic acids is 1. The van der Waals surface area contributed by atoms with E-state index in [1.54, 1.807) is 0 Å². The molecule has 0 fully saturated rings. The fourth-order valence-corrected chi connectivity index (χ4v) is 1.09. The number of carboxylic acid groups (broad SMARTS) is 1. The van der Waals surface area contributed by atoms with Crippen LogP contribution in [0.2, 0.25) is 0 Å². The minimum atomic E-state index is -2.54. The van der Waals surface area contributed by atoms with Gasteiger partial charge < -0.3 is 10.8 Å². The van der Waals surface area contributed by atoms with Crippen LogP contribution < -0.4 is 5.73 Å². The summed E-state index contributed by atoms with van der Waals surface area (Å²) < 4.78 is 23.7. The van der Waals surface area contributed by atoms with Crippen molar-refractivity contribution in [1.82, 2.24) is 0 Å². The molecule has 5 heteroatoms. The van der Waals surface area contributed by atoms with Gasteiger partial charge in [-0.15, -0.1) is 0 Å². The van der Waals surface area contributed by atoms with Gasteiger partial charge in [-0.3, -0.25) is 4.79 Å². The van der Waals surface area contributed by atoms with Gasteiger partial charge in [0.05, 0.1) is 5.92 Å². The van der Waals surface area contributed by atoms with Crippen molar-refractivity contribution in [2.75, 3.05) is 6.54 Å². The number of halogens is 2. The predicted molar refractivity (Wildman–Crippen MR) is 44.7 cm³/mol. The molecule has 78 valence electrons. The highest BCUT2D eigenvalue weighted by Crippen LogP contribution is 2.17. The molecule has 0 radical (unpaired) electrons. The first-order valence-corrected chi connectivity index (χ1v) is 4.29. The van der Waals surface area contributed by atoms with Crippen molar-refractivity contribution in [3.8, 4) is 0 Å². The number of hydrogen-bond acceptors (Lipinski definition) is 2. The van der Waals surface area contributed by atoms with Gasteiger partial charge in [0.15, 0.2) is 0 Å². The smallest absolute Gasteiger partial charge is 0.306 e. The zero-order valence-corrected chi connectivity index (χ0v) is 7.38. The van der Waals surface area contributed by atoms with Crippen molar-refractivity contribution in [2.24, 2.45) is 11.7 Å². The minimum Gasteiger partial charge on any atom is -0.481 e. The molecule has 13 heavy (non-hydrogen) atoms. The summed E-state index contributed by atoms with van der Waals surface area (Å²) in [4.78, 5) is 10.5. The quantitative estimate of drug-likeness (QED) is 0.604. The van der Waals surface area contributed by atoms with Crippen molar-refractivity contribution < 1.29 is 18.7 Å². The summed E-state index contributed by atoms with van der Waals surface area (Å²) in [5, 5.41) is 8.56. The SMILES string of the molecule is NCCCCC(CC(F)F)C(=O)O. The van der Waals surface area contributed by atoms with Crippen molar-refractivity contribution in [1.29, 1.82) is 0 Å². The Morgan fingerprint density at radius 3 is 2.38 bits per heavy atom. The van der Waals surface area contributed by atoms with Gasteiger partial charge in [0.25, 0.3) is 0 Å². The van der Waals surface area contributed by atoms with Crippen LogP contribution in [0.25, 0.3) is 0 Å². The maximum atomic E-state index is 11.9. The second-order valence-electron chi connectivity index (χ2n) is 2.95. The largest absolute Gasteiger partial charge is 0.481 e. The van der Waals surface area contributed by atoms with Gasteiger partial charge in [0, 0.05) is 6.42 Å². The number of nitrogens with two attached hydrogens (primary N) is 1. The highest BCUT2D eigenvalue weighted by molar-refractivity contribution is 5.69. The molecule has 1 atom stereocenters. The van der Waals surface area contributed by atoms with E-state index < -0.39 is 24.7 Å².